The second kappa shape index (κ2) is 4.54. The molecule has 1 rings (SSSR count). The van der Waals surface area contributed by atoms with E-state index >= 15 is 0 Å². The molecule has 0 bridgehead atoms. The number of hydrogen-bond donors (Lipinski definition) is 1. The molecular formula is C11H14N2O2S. The molecule has 2 N–H and O–H groups in total. The van der Waals surface area contributed by atoms with E-state index in [1.165, 1.54) is 6.07 Å². The van der Waals surface area contributed by atoms with Gasteiger partial charge in [0.15, 0.2) is 15.1 Å². The Labute approximate surface area is 95.6 Å². The Kier molecular flexibility index (Phi) is 3.55. The molecule has 0 fully saturated rings. The highest BCUT2D eigenvalue weighted by molar-refractivity contribution is 7.92. The van der Waals surface area contributed by atoms with Crippen molar-refractivity contribution >= 4 is 15.5 Å². The summed E-state index contributed by atoms with van der Waals surface area (Å²) in [6.07, 6.45) is 0.256. The van der Waals surface area contributed by atoms with Gasteiger partial charge in [-0.15, -0.1) is 0 Å². The van der Waals surface area contributed by atoms with Gasteiger partial charge in [-0.25, -0.2) is 8.42 Å². The molecule has 1 unspecified atom stereocenters. The Morgan fingerprint density at radius 3 is 2.56 bits per heavy atom. The molecule has 0 radical (unpaired) electrons. The first-order valence-electron chi connectivity index (χ1n) is 4.93. The van der Waals surface area contributed by atoms with E-state index in [1.807, 2.05) is 6.92 Å². The molecule has 0 saturated carbocycles. The quantitative estimate of drug-likeness (QED) is 0.811. The number of aryl methyl sites for hydroxylation is 1. The van der Waals surface area contributed by atoms with Gasteiger partial charge in [-0.05, 0) is 31.0 Å². The highest BCUT2D eigenvalue weighted by atomic mass is 32.2. The normalized spacial score (nSPS) is 13.1. The summed E-state index contributed by atoms with van der Waals surface area (Å²) in [7, 11) is -3.63. The van der Waals surface area contributed by atoms with Gasteiger partial charge in [-0.2, -0.15) is 5.26 Å². The largest absolute Gasteiger partial charge is 0.398 e. The molecule has 0 aliphatic carbocycles. The minimum absolute atomic E-state index is 0.0477. The predicted molar refractivity (Wildman–Crippen MR) is 62.5 cm³/mol. The molecule has 0 aliphatic rings. The molecule has 4 nitrogen and oxygen atoms in total. The molecule has 0 saturated heterocycles. The molecule has 1 atom stereocenters. The van der Waals surface area contributed by atoms with Crippen molar-refractivity contribution in [1.82, 2.24) is 0 Å². The topological polar surface area (TPSA) is 84.0 Å². The van der Waals surface area contributed by atoms with Gasteiger partial charge in [0, 0.05) is 0 Å². The zero-order chi connectivity index (χ0) is 12.3. The van der Waals surface area contributed by atoms with Crippen molar-refractivity contribution in [3.8, 4) is 6.07 Å². The van der Waals surface area contributed by atoms with Gasteiger partial charge in [0.2, 0.25) is 0 Å². The van der Waals surface area contributed by atoms with Crippen LogP contribution in [0.1, 0.15) is 18.9 Å². The highest BCUT2D eigenvalue weighted by Crippen LogP contribution is 2.24. The standard InChI is InChI=1S/C11H14N2O2S/c1-3-9(7-12)16(14,15)11-5-4-8(2)6-10(11)13/h4-6,9H,3,13H2,1-2H3. The van der Waals surface area contributed by atoms with Crippen LogP contribution in [0.3, 0.4) is 0 Å². The van der Waals surface area contributed by atoms with Crippen LogP contribution in [0.2, 0.25) is 0 Å². The van der Waals surface area contributed by atoms with Crippen molar-refractivity contribution in [2.75, 3.05) is 5.73 Å². The van der Waals surface area contributed by atoms with Crippen molar-refractivity contribution in [3.05, 3.63) is 23.8 Å². The van der Waals surface area contributed by atoms with Crippen molar-refractivity contribution < 1.29 is 8.42 Å². The third-order valence-corrected chi connectivity index (χ3v) is 4.53. The van der Waals surface area contributed by atoms with Crippen LogP contribution < -0.4 is 5.73 Å². The van der Waals surface area contributed by atoms with E-state index in [-0.39, 0.29) is 17.0 Å². The predicted octanol–water partition coefficient (Wildman–Crippen LogP) is 1.65. The maximum atomic E-state index is 12.0. The lowest BCUT2D eigenvalue weighted by Gasteiger charge is -2.11. The third-order valence-electron chi connectivity index (χ3n) is 2.36. The first-order chi connectivity index (χ1) is 7.43. The van der Waals surface area contributed by atoms with Crippen LogP contribution in [-0.4, -0.2) is 13.7 Å². The molecule has 1 aromatic rings. The number of nitrogen functional groups attached to an aromatic ring is 1. The van der Waals surface area contributed by atoms with Gasteiger partial charge in [-0.3, -0.25) is 0 Å². The summed E-state index contributed by atoms with van der Waals surface area (Å²) < 4.78 is 24.0. The van der Waals surface area contributed by atoms with Crippen molar-refractivity contribution in [3.63, 3.8) is 0 Å². The first-order valence-corrected chi connectivity index (χ1v) is 6.47. The molecule has 0 spiro atoms. The summed E-state index contributed by atoms with van der Waals surface area (Å²) in [5.74, 6) is 0. The monoisotopic (exact) mass is 238 g/mol. The zero-order valence-corrected chi connectivity index (χ0v) is 10.1. The lowest BCUT2D eigenvalue weighted by Crippen LogP contribution is -2.20. The molecular weight excluding hydrogens is 224 g/mol. The Bertz CT molecular complexity index is 529. The lowest BCUT2D eigenvalue weighted by molar-refractivity contribution is 0.588. The van der Waals surface area contributed by atoms with Gasteiger partial charge >= 0.3 is 0 Å². The number of nitrogens with two attached hydrogens (primary N) is 1. The molecule has 5 heteroatoms. The average Bonchev–Trinajstić information content (AvgIpc) is 2.18. The fourth-order valence-electron chi connectivity index (χ4n) is 1.46. The van der Waals surface area contributed by atoms with Crippen molar-refractivity contribution in [2.45, 2.75) is 30.4 Å². The van der Waals surface area contributed by atoms with E-state index in [4.69, 9.17) is 11.0 Å². The summed E-state index contributed by atoms with van der Waals surface area (Å²) >= 11 is 0. The van der Waals surface area contributed by atoms with Gasteiger partial charge in [0.25, 0.3) is 0 Å². The van der Waals surface area contributed by atoms with Crippen LogP contribution in [0.15, 0.2) is 23.1 Å². The maximum absolute atomic E-state index is 12.0. The van der Waals surface area contributed by atoms with E-state index < -0.39 is 15.1 Å². The molecule has 0 aliphatic heterocycles. The number of rotatable bonds is 3. The maximum Gasteiger partial charge on any atom is 0.196 e. The highest BCUT2D eigenvalue weighted by Gasteiger charge is 2.27. The minimum Gasteiger partial charge on any atom is -0.398 e. The van der Waals surface area contributed by atoms with E-state index in [2.05, 4.69) is 0 Å². The summed E-state index contributed by atoms with van der Waals surface area (Å²) in [6.45, 7) is 3.49. The first kappa shape index (κ1) is 12.5. The molecule has 86 valence electrons. The molecule has 1 aromatic carbocycles. The average molecular weight is 238 g/mol. The van der Waals surface area contributed by atoms with E-state index in [0.29, 0.717) is 0 Å². The SMILES string of the molecule is CCC(C#N)S(=O)(=O)c1ccc(C)cc1N. The zero-order valence-electron chi connectivity index (χ0n) is 9.27. The Balaban J connectivity index is 3.34. The van der Waals surface area contributed by atoms with Crippen LogP contribution in [-0.2, 0) is 9.84 Å². The molecule has 0 amide bonds. The molecule has 0 aromatic heterocycles. The Morgan fingerprint density at radius 1 is 1.50 bits per heavy atom. The number of benzene rings is 1. The summed E-state index contributed by atoms with van der Waals surface area (Å²) in [4.78, 5) is 0.0477. The van der Waals surface area contributed by atoms with Crippen molar-refractivity contribution in [2.24, 2.45) is 0 Å². The lowest BCUT2D eigenvalue weighted by atomic mass is 10.2. The Morgan fingerprint density at radius 2 is 2.12 bits per heavy atom. The number of nitrogens with zero attached hydrogens (tertiary/aromatic N) is 1. The van der Waals surface area contributed by atoms with E-state index in [0.717, 1.165) is 5.56 Å². The van der Waals surface area contributed by atoms with Gasteiger partial charge in [0.1, 0.15) is 0 Å². The summed E-state index contributed by atoms with van der Waals surface area (Å²) in [5.41, 5.74) is 6.76. The Hall–Kier alpha value is -1.54. The van der Waals surface area contributed by atoms with Crippen LogP contribution in [0.5, 0.6) is 0 Å². The van der Waals surface area contributed by atoms with Gasteiger partial charge in [-0.1, -0.05) is 13.0 Å². The van der Waals surface area contributed by atoms with E-state index in [1.54, 1.807) is 25.1 Å². The van der Waals surface area contributed by atoms with Gasteiger partial charge < -0.3 is 5.73 Å². The third kappa shape index (κ3) is 2.17. The van der Waals surface area contributed by atoms with E-state index in [9.17, 15) is 8.42 Å². The van der Waals surface area contributed by atoms with Crippen molar-refractivity contribution in [1.29, 1.82) is 5.26 Å². The number of hydrogen-bond acceptors (Lipinski definition) is 4. The van der Waals surface area contributed by atoms with Crippen LogP contribution in [0.4, 0.5) is 5.69 Å². The van der Waals surface area contributed by atoms with Crippen LogP contribution in [0.25, 0.3) is 0 Å². The summed E-state index contributed by atoms with van der Waals surface area (Å²) in [6, 6.07) is 6.52. The fourth-order valence-corrected chi connectivity index (χ4v) is 2.99. The van der Waals surface area contributed by atoms with Crippen LogP contribution in [0, 0.1) is 18.3 Å². The smallest absolute Gasteiger partial charge is 0.196 e. The fraction of sp³-hybridized carbons (Fsp3) is 0.364. The molecule has 16 heavy (non-hydrogen) atoms. The number of nitriles is 1. The second-order valence-corrected chi connectivity index (χ2v) is 5.71. The number of anilines is 1. The minimum atomic E-state index is -3.63. The van der Waals surface area contributed by atoms with Gasteiger partial charge in [0.05, 0.1) is 16.7 Å². The summed E-state index contributed by atoms with van der Waals surface area (Å²) in [5, 5.41) is 7.77. The van der Waals surface area contributed by atoms with Crippen LogP contribution >= 0.6 is 0 Å². The number of sulfone groups is 1. The molecule has 0 heterocycles. The second-order valence-electron chi connectivity index (χ2n) is 3.61.